The molecule has 2 aliphatic rings. The first kappa shape index (κ1) is 12.9. The highest BCUT2D eigenvalue weighted by atomic mass is 32.2. The number of nitrogens with zero attached hydrogens (tertiary/aromatic N) is 1. The van der Waals surface area contributed by atoms with E-state index in [4.69, 9.17) is 17.0 Å². The Morgan fingerprint density at radius 3 is 2.71 bits per heavy atom. The number of allylic oxidation sites excluding steroid dienone is 2. The van der Waals surface area contributed by atoms with E-state index in [-0.39, 0.29) is 11.5 Å². The van der Waals surface area contributed by atoms with E-state index in [1.165, 1.54) is 11.8 Å². The van der Waals surface area contributed by atoms with E-state index in [1.54, 1.807) is 0 Å². The first-order chi connectivity index (χ1) is 8.18. The molecule has 2 rings (SSSR count). The molecule has 0 atom stereocenters. The zero-order valence-corrected chi connectivity index (χ0v) is 11.1. The Bertz CT molecular complexity index is 362. The highest BCUT2D eigenvalue weighted by molar-refractivity contribution is 8.26. The number of hydrogen-bond donors (Lipinski definition) is 1. The molecule has 0 unspecified atom stereocenters. The van der Waals surface area contributed by atoms with Crippen LogP contribution in [0, 0.1) is 0 Å². The van der Waals surface area contributed by atoms with Crippen molar-refractivity contribution < 1.29 is 14.6 Å². The summed E-state index contributed by atoms with van der Waals surface area (Å²) in [5.74, 6) is 0.205. The molecule has 0 spiro atoms. The van der Waals surface area contributed by atoms with Gasteiger partial charge in [-0.3, -0.25) is 4.79 Å². The molecule has 0 amide bonds. The lowest BCUT2D eigenvalue weighted by atomic mass is 10.1. The molecule has 1 heterocycles. The van der Waals surface area contributed by atoms with Gasteiger partial charge in [0.2, 0.25) is 0 Å². The van der Waals surface area contributed by atoms with Gasteiger partial charge in [0.25, 0.3) is 0 Å². The molecule has 0 bridgehead atoms. The number of thiocarbonyl (C=S) groups is 1. The molecule has 6 heteroatoms. The minimum atomic E-state index is 0.00867. The van der Waals surface area contributed by atoms with Gasteiger partial charge in [-0.05, 0) is 6.42 Å². The zero-order chi connectivity index (χ0) is 12.3. The summed E-state index contributed by atoms with van der Waals surface area (Å²) in [5.41, 5.74) is 0. The lowest BCUT2D eigenvalue weighted by Gasteiger charge is -2.29. The van der Waals surface area contributed by atoms with Gasteiger partial charge in [0, 0.05) is 25.9 Å². The number of morpholine rings is 1. The van der Waals surface area contributed by atoms with Crippen LogP contribution in [0.1, 0.15) is 19.3 Å². The standard InChI is InChI=1S/C11H15NO3S2/c13-8-2-1-3-9(14)10(8)17-11(16)12-4-6-15-7-5-12/h13H,1-7H2. The molecular formula is C11H15NO3S2. The molecule has 0 radical (unpaired) electrons. The summed E-state index contributed by atoms with van der Waals surface area (Å²) >= 11 is 6.52. The van der Waals surface area contributed by atoms with Gasteiger partial charge in [-0.15, -0.1) is 0 Å². The molecule has 1 aliphatic heterocycles. The van der Waals surface area contributed by atoms with E-state index < -0.39 is 0 Å². The average Bonchev–Trinajstić information content (AvgIpc) is 2.35. The van der Waals surface area contributed by atoms with Crippen molar-refractivity contribution in [3.05, 3.63) is 10.7 Å². The first-order valence-electron chi connectivity index (χ1n) is 5.68. The van der Waals surface area contributed by atoms with Gasteiger partial charge < -0.3 is 14.7 Å². The normalized spacial score (nSPS) is 21.9. The van der Waals surface area contributed by atoms with Crippen molar-refractivity contribution in [1.29, 1.82) is 0 Å². The van der Waals surface area contributed by atoms with Gasteiger partial charge in [-0.25, -0.2) is 0 Å². The van der Waals surface area contributed by atoms with E-state index >= 15 is 0 Å². The summed E-state index contributed by atoms with van der Waals surface area (Å²) < 4.78 is 5.90. The van der Waals surface area contributed by atoms with Crippen molar-refractivity contribution in [2.24, 2.45) is 0 Å². The second kappa shape index (κ2) is 5.84. The summed E-state index contributed by atoms with van der Waals surface area (Å²) in [5, 5.41) is 9.72. The number of thioether (sulfide) groups is 1. The van der Waals surface area contributed by atoms with Gasteiger partial charge in [-0.1, -0.05) is 24.0 Å². The topological polar surface area (TPSA) is 49.8 Å². The maximum Gasteiger partial charge on any atom is 0.173 e. The third-order valence-electron chi connectivity index (χ3n) is 2.79. The van der Waals surface area contributed by atoms with Crippen molar-refractivity contribution in [3.63, 3.8) is 0 Å². The van der Waals surface area contributed by atoms with Crippen LogP contribution < -0.4 is 0 Å². The minimum Gasteiger partial charge on any atom is -0.511 e. The number of carbonyl (C=O) groups is 1. The van der Waals surface area contributed by atoms with E-state index in [9.17, 15) is 9.90 Å². The first-order valence-corrected chi connectivity index (χ1v) is 6.91. The van der Waals surface area contributed by atoms with Gasteiger partial charge in [0.1, 0.15) is 10.1 Å². The van der Waals surface area contributed by atoms with Crippen molar-refractivity contribution >= 4 is 34.1 Å². The Hall–Kier alpha value is -0.590. The summed E-state index contributed by atoms with van der Waals surface area (Å²) in [7, 11) is 0. The highest BCUT2D eigenvalue weighted by Crippen LogP contribution is 2.31. The van der Waals surface area contributed by atoms with Crippen molar-refractivity contribution in [2.45, 2.75) is 19.3 Å². The third-order valence-corrected chi connectivity index (χ3v) is 4.40. The van der Waals surface area contributed by atoms with Crippen LogP contribution in [-0.2, 0) is 9.53 Å². The largest absolute Gasteiger partial charge is 0.511 e. The fourth-order valence-corrected chi connectivity index (χ4v) is 3.17. The van der Waals surface area contributed by atoms with Crippen molar-refractivity contribution in [1.82, 2.24) is 4.90 Å². The Morgan fingerprint density at radius 1 is 1.35 bits per heavy atom. The van der Waals surface area contributed by atoms with E-state index in [1.807, 2.05) is 4.90 Å². The summed E-state index contributed by atoms with van der Waals surface area (Å²) in [6.45, 7) is 2.85. The molecule has 17 heavy (non-hydrogen) atoms. The van der Waals surface area contributed by atoms with Gasteiger partial charge in [-0.2, -0.15) is 0 Å². The molecule has 1 N–H and O–H groups in total. The molecule has 0 aromatic carbocycles. The van der Waals surface area contributed by atoms with Crippen LogP contribution in [0.15, 0.2) is 10.7 Å². The average molecular weight is 273 g/mol. The zero-order valence-electron chi connectivity index (χ0n) is 9.48. The number of ketones is 1. The van der Waals surface area contributed by atoms with Crippen LogP contribution in [0.3, 0.4) is 0 Å². The minimum absolute atomic E-state index is 0.00867. The summed E-state index contributed by atoms with van der Waals surface area (Å²) in [6.07, 6.45) is 1.83. The quantitative estimate of drug-likeness (QED) is 0.736. The van der Waals surface area contributed by atoms with Crippen LogP contribution in [0.4, 0.5) is 0 Å². The third kappa shape index (κ3) is 3.20. The van der Waals surface area contributed by atoms with Crippen LogP contribution in [0.5, 0.6) is 0 Å². The predicted octanol–water partition coefficient (Wildman–Crippen LogP) is 1.86. The molecule has 1 fully saturated rings. The lowest BCUT2D eigenvalue weighted by molar-refractivity contribution is -0.115. The second-order valence-electron chi connectivity index (χ2n) is 4.02. The number of carbonyl (C=O) groups excluding carboxylic acids is 1. The van der Waals surface area contributed by atoms with Crippen LogP contribution in [-0.4, -0.2) is 46.4 Å². The lowest BCUT2D eigenvalue weighted by Crippen LogP contribution is -2.38. The molecule has 94 valence electrons. The number of aliphatic hydroxyl groups excluding tert-OH is 1. The SMILES string of the molecule is O=C1CCCC(O)=C1SC(=S)N1CCOCC1. The molecule has 4 nitrogen and oxygen atoms in total. The predicted molar refractivity (Wildman–Crippen MR) is 71.1 cm³/mol. The second-order valence-corrected chi connectivity index (χ2v) is 5.66. The fourth-order valence-electron chi connectivity index (χ4n) is 1.82. The smallest absolute Gasteiger partial charge is 0.173 e. The summed E-state index contributed by atoms with van der Waals surface area (Å²) in [4.78, 5) is 14.1. The van der Waals surface area contributed by atoms with E-state index in [0.717, 1.165) is 19.5 Å². The Balaban J connectivity index is 1.99. The van der Waals surface area contributed by atoms with Gasteiger partial charge in [0.05, 0.1) is 18.1 Å². The fraction of sp³-hybridized carbons (Fsp3) is 0.636. The van der Waals surface area contributed by atoms with Crippen molar-refractivity contribution in [2.75, 3.05) is 26.3 Å². The molecule has 0 saturated carbocycles. The molecule has 0 aromatic heterocycles. The number of hydrogen-bond acceptors (Lipinski definition) is 5. The number of ether oxygens (including phenoxy) is 1. The molecule has 1 aliphatic carbocycles. The van der Waals surface area contributed by atoms with Crippen molar-refractivity contribution in [3.8, 4) is 0 Å². The molecular weight excluding hydrogens is 258 g/mol. The van der Waals surface area contributed by atoms with E-state index in [0.29, 0.717) is 35.3 Å². The van der Waals surface area contributed by atoms with Crippen LogP contribution in [0.2, 0.25) is 0 Å². The Labute approximate surface area is 110 Å². The Morgan fingerprint density at radius 2 is 2.06 bits per heavy atom. The van der Waals surface area contributed by atoms with Gasteiger partial charge in [0.15, 0.2) is 5.78 Å². The molecule has 0 aromatic rings. The number of rotatable bonds is 1. The van der Waals surface area contributed by atoms with Gasteiger partial charge >= 0.3 is 0 Å². The monoisotopic (exact) mass is 273 g/mol. The number of Topliss-reactive ketones (excluding diaryl/α,β-unsaturated/α-hetero) is 1. The maximum atomic E-state index is 11.7. The Kier molecular flexibility index (Phi) is 4.42. The van der Waals surface area contributed by atoms with E-state index in [2.05, 4.69) is 0 Å². The highest BCUT2D eigenvalue weighted by Gasteiger charge is 2.24. The van der Waals surface area contributed by atoms with Crippen LogP contribution in [0.25, 0.3) is 0 Å². The van der Waals surface area contributed by atoms with Crippen LogP contribution >= 0.6 is 24.0 Å². The number of aliphatic hydroxyl groups is 1. The molecule has 1 saturated heterocycles. The maximum absolute atomic E-state index is 11.7. The summed E-state index contributed by atoms with van der Waals surface area (Å²) in [6, 6.07) is 0.